The van der Waals surface area contributed by atoms with Crippen molar-refractivity contribution in [1.82, 2.24) is 19.9 Å². The van der Waals surface area contributed by atoms with Crippen molar-refractivity contribution >= 4 is 11.5 Å². The number of fused-ring (bicyclic) bond motifs is 1. The first-order valence-electron chi connectivity index (χ1n) is 12.3. The van der Waals surface area contributed by atoms with Crippen molar-refractivity contribution in [2.45, 2.75) is 38.7 Å². The number of likely N-dealkylation sites (N-methyl/N-ethyl adjacent to an activating group) is 1. The summed E-state index contributed by atoms with van der Waals surface area (Å²) in [5.41, 5.74) is 4.31. The number of aliphatic hydroxyl groups excluding tert-OH is 1. The Balaban J connectivity index is 1.47. The number of ether oxygens (including phenoxy) is 2. The Labute approximate surface area is 200 Å². The van der Waals surface area contributed by atoms with E-state index in [0.717, 1.165) is 73.2 Å². The second-order valence-corrected chi connectivity index (χ2v) is 10.0. The fourth-order valence-electron chi connectivity index (χ4n) is 5.02. The zero-order chi connectivity index (χ0) is 23.7. The molecule has 2 aliphatic heterocycles. The maximum absolute atomic E-state index is 9.99. The van der Waals surface area contributed by atoms with Crippen molar-refractivity contribution in [3.05, 3.63) is 42.1 Å². The molecule has 0 amide bonds. The highest BCUT2D eigenvalue weighted by Gasteiger charge is 2.44. The maximum atomic E-state index is 9.99. The normalized spacial score (nSPS) is 18.4. The lowest BCUT2D eigenvalue weighted by atomic mass is 9.73. The fraction of sp³-hybridized carbons (Fsp3) is 0.538. The minimum Gasteiger partial charge on any atom is -0.491 e. The van der Waals surface area contributed by atoms with Gasteiger partial charge in [0.1, 0.15) is 24.3 Å². The summed E-state index contributed by atoms with van der Waals surface area (Å²) in [6.07, 6.45) is 3.64. The highest BCUT2D eigenvalue weighted by molar-refractivity contribution is 5.70. The Morgan fingerprint density at radius 3 is 2.74 bits per heavy atom. The quantitative estimate of drug-likeness (QED) is 0.529. The predicted molar refractivity (Wildman–Crippen MR) is 133 cm³/mol. The molecular weight excluding hydrogens is 430 g/mol. The van der Waals surface area contributed by atoms with Crippen molar-refractivity contribution in [3.8, 4) is 17.0 Å². The number of benzene rings is 1. The lowest BCUT2D eigenvalue weighted by molar-refractivity contribution is -0.000578. The van der Waals surface area contributed by atoms with Gasteiger partial charge in [0.15, 0.2) is 5.65 Å². The number of nitrogens with one attached hydrogen (secondary N) is 1. The second-order valence-electron chi connectivity index (χ2n) is 10.0. The van der Waals surface area contributed by atoms with Crippen molar-refractivity contribution in [1.29, 1.82) is 0 Å². The van der Waals surface area contributed by atoms with Gasteiger partial charge in [0.2, 0.25) is 0 Å². The number of nitrogens with zero attached hydrogens (tertiary/aromatic N) is 4. The van der Waals surface area contributed by atoms with Crippen LogP contribution in [0.5, 0.6) is 5.75 Å². The second kappa shape index (κ2) is 9.52. The zero-order valence-electron chi connectivity index (χ0n) is 20.3. The van der Waals surface area contributed by atoms with Crippen LogP contribution in [-0.4, -0.2) is 72.3 Å². The van der Waals surface area contributed by atoms with E-state index in [4.69, 9.17) is 19.6 Å². The van der Waals surface area contributed by atoms with E-state index in [1.54, 1.807) is 0 Å². The average Bonchev–Trinajstić information content (AvgIpc) is 3.26. The molecule has 2 saturated heterocycles. The van der Waals surface area contributed by atoms with Gasteiger partial charge in [-0.15, -0.1) is 0 Å². The highest BCUT2D eigenvalue weighted by atomic mass is 16.5. The molecule has 2 aromatic heterocycles. The Kier molecular flexibility index (Phi) is 6.46. The molecule has 0 bridgehead atoms. The average molecular weight is 466 g/mol. The van der Waals surface area contributed by atoms with Gasteiger partial charge in [-0.1, -0.05) is 26.0 Å². The molecule has 0 aliphatic carbocycles. The molecule has 1 aromatic carbocycles. The smallest absolute Gasteiger partial charge is 0.161 e. The van der Waals surface area contributed by atoms with Gasteiger partial charge in [-0.2, -0.15) is 9.61 Å². The van der Waals surface area contributed by atoms with Gasteiger partial charge in [-0.25, -0.2) is 4.98 Å². The van der Waals surface area contributed by atoms with Crippen LogP contribution in [-0.2, 0) is 4.74 Å². The lowest BCUT2D eigenvalue weighted by Crippen LogP contribution is -2.59. The Morgan fingerprint density at radius 2 is 2.00 bits per heavy atom. The van der Waals surface area contributed by atoms with Crippen molar-refractivity contribution in [2.75, 3.05) is 51.4 Å². The van der Waals surface area contributed by atoms with Gasteiger partial charge in [0, 0.05) is 55.5 Å². The number of aliphatic hydroxyl groups is 1. The molecule has 1 atom stereocenters. The summed E-state index contributed by atoms with van der Waals surface area (Å²) in [7, 11) is 1.81. The van der Waals surface area contributed by atoms with Crippen LogP contribution in [0, 0.1) is 5.41 Å². The summed E-state index contributed by atoms with van der Waals surface area (Å²) in [5, 5.41) is 17.7. The summed E-state index contributed by atoms with van der Waals surface area (Å²) in [6.45, 7) is 8.86. The fourth-order valence-corrected chi connectivity index (χ4v) is 5.02. The van der Waals surface area contributed by atoms with Crippen LogP contribution in [0.4, 0.5) is 5.82 Å². The predicted octanol–water partition coefficient (Wildman–Crippen LogP) is 3.10. The van der Waals surface area contributed by atoms with Crippen LogP contribution in [0.1, 0.15) is 38.2 Å². The van der Waals surface area contributed by atoms with Crippen molar-refractivity contribution in [3.63, 3.8) is 0 Å². The van der Waals surface area contributed by atoms with E-state index < -0.39 is 6.10 Å². The lowest BCUT2D eigenvalue weighted by Gasteiger charge is -2.53. The molecule has 2 N–H and O–H groups in total. The van der Waals surface area contributed by atoms with E-state index in [1.165, 1.54) is 0 Å². The van der Waals surface area contributed by atoms with Gasteiger partial charge < -0.3 is 24.8 Å². The molecule has 1 spiro atoms. The van der Waals surface area contributed by atoms with Crippen molar-refractivity contribution < 1.29 is 14.6 Å². The van der Waals surface area contributed by atoms with Gasteiger partial charge in [0.25, 0.3) is 0 Å². The Hall–Kier alpha value is -2.68. The summed E-state index contributed by atoms with van der Waals surface area (Å²) in [4.78, 5) is 7.46. The molecule has 2 aliphatic rings. The molecule has 5 rings (SSSR count). The van der Waals surface area contributed by atoms with Gasteiger partial charge in [-0.3, -0.25) is 0 Å². The Bertz CT molecular complexity index is 1130. The standard InChI is InChI=1S/C26H35N5O3/c1-18(2)22-14-28-31-24(30-16-26(17-30)7-9-33-10-8-26)12-23(29-25(22)31)19-5-4-6-21(11-19)34-15-20(32)13-27-3/h4-6,11-12,14,18,20,27,32H,7-10,13,15-17H2,1-3H3. The third-order valence-electron chi connectivity index (χ3n) is 7.04. The van der Waals surface area contributed by atoms with Crippen LogP contribution in [0.15, 0.2) is 36.5 Å². The van der Waals surface area contributed by atoms with Gasteiger partial charge in [0.05, 0.1) is 11.9 Å². The molecule has 8 heteroatoms. The summed E-state index contributed by atoms with van der Waals surface area (Å²) < 4.78 is 13.4. The number of aromatic nitrogens is 3. The zero-order valence-corrected chi connectivity index (χ0v) is 20.3. The van der Waals surface area contributed by atoms with E-state index in [0.29, 0.717) is 17.9 Å². The Morgan fingerprint density at radius 1 is 1.21 bits per heavy atom. The summed E-state index contributed by atoms with van der Waals surface area (Å²) in [5.74, 6) is 2.13. The summed E-state index contributed by atoms with van der Waals surface area (Å²) >= 11 is 0. The third kappa shape index (κ3) is 4.50. The number of hydrogen-bond acceptors (Lipinski definition) is 7. The number of hydrogen-bond donors (Lipinski definition) is 2. The summed E-state index contributed by atoms with van der Waals surface area (Å²) in [6, 6.07) is 10.1. The van der Waals surface area contributed by atoms with Crippen LogP contribution in [0.25, 0.3) is 16.9 Å². The monoisotopic (exact) mass is 465 g/mol. The minimum atomic E-state index is -0.556. The highest BCUT2D eigenvalue weighted by Crippen LogP contribution is 2.43. The molecule has 4 heterocycles. The molecule has 34 heavy (non-hydrogen) atoms. The molecule has 182 valence electrons. The largest absolute Gasteiger partial charge is 0.491 e. The topological polar surface area (TPSA) is 84.1 Å². The molecule has 1 unspecified atom stereocenters. The van der Waals surface area contributed by atoms with Crippen LogP contribution in [0.2, 0.25) is 0 Å². The first-order valence-corrected chi connectivity index (χ1v) is 12.3. The van der Waals surface area contributed by atoms with Crippen LogP contribution in [0.3, 0.4) is 0 Å². The van der Waals surface area contributed by atoms with Gasteiger partial charge in [-0.05, 0) is 37.9 Å². The molecule has 8 nitrogen and oxygen atoms in total. The SMILES string of the molecule is CNCC(O)COc1cccc(-c2cc(N3CC4(CCOCC4)C3)n3ncc(C(C)C)c3n2)c1. The van der Waals surface area contributed by atoms with Crippen LogP contribution < -0.4 is 15.0 Å². The van der Waals surface area contributed by atoms with E-state index in [9.17, 15) is 5.11 Å². The van der Waals surface area contributed by atoms with Gasteiger partial charge >= 0.3 is 0 Å². The van der Waals surface area contributed by atoms with Crippen LogP contribution >= 0.6 is 0 Å². The van der Waals surface area contributed by atoms with E-state index in [-0.39, 0.29) is 6.61 Å². The number of rotatable bonds is 8. The molecule has 2 fully saturated rings. The minimum absolute atomic E-state index is 0.238. The molecular formula is C26H35N5O3. The van der Waals surface area contributed by atoms with E-state index in [2.05, 4.69) is 36.2 Å². The number of anilines is 1. The molecule has 3 aromatic rings. The van der Waals surface area contributed by atoms with E-state index in [1.807, 2.05) is 36.0 Å². The van der Waals surface area contributed by atoms with Crippen molar-refractivity contribution in [2.24, 2.45) is 5.41 Å². The first kappa shape index (κ1) is 23.1. The maximum Gasteiger partial charge on any atom is 0.161 e. The third-order valence-corrected chi connectivity index (χ3v) is 7.04. The molecule has 0 radical (unpaired) electrons. The molecule has 0 saturated carbocycles. The first-order chi connectivity index (χ1) is 16.5. The van der Waals surface area contributed by atoms with E-state index >= 15 is 0 Å².